The zero-order chi connectivity index (χ0) is 14.5. The average molecular weight is 371 g/mol. The number of halogens is 2. The van der Waals surface area contributed by atoms with E-state index in [1.165, 1.54) is 4.31 Å². The Morgan fingerprint density at radius 2 is 2.11 bits per heavy atom. The van der Waals surface area contributed by atoms with E-state index in [0.29, 0.717) is 18.1 Å². The number of nitrogens with zero attached hydrogens (tertiary/aromatic N) is 1. The third kappa shape index (κ3) is 4.95. The van der Waals surface area contributed by atoms with Crippen molar-refractivity contribution in [2.45, 2.75) is 13.0 Å². The van der Waals surface area contributed by atoms with Gasteiger partial charge in [-0.25, -0.2) is 12.7 Å². The van der Waals surface area contributed by atoms with Crippen molar-refractivity contribution in [3.63, 3.8) is 0 Å². The maximum absolute atomic E-state index is 12.0. The summed E-state index contributed by atoms with van der Waals surface area (Å²) in [6, 6.07) is 5.51. The second-order valence-electron chi connectivity index (χ2n) is 4.07. The number of hydrogen-bond acceptors (Lipinski definition) is 3. The van der Waals surface area contributed by atoms with Crippen LogP contribution in [-0.2, 0) is 16.6 Å². The monoisotopic (exact) mass is 369 g/mol. The van der Waals surface area contributed by atoms with Crippen LogP contribution in [0.25, 0.3) is 0 Å². The second kappa shape index (κ2) is 7.47. The highest BCUT2D eigenvalue weighted by molar-refractivity contribution is 9.10. The summed E-state index contributed by atoms with van der Waals surface area (Å²) in [4.78, 5) is 0. The number of benzene rings is 1. The maximum atomic E-state index is 12.0. The molecule has 19 heavy (non-hydrogen) atoms. The van der Waals surface area contributed by atoms with Crippen LogP contribution in [0.5, 0.6) is 5.75 Å². The van der Waals surface area contributed by atoms with E-state index in [4.69, 9.17) is 16.3 Å². The summed E-state index contributed by atoms with van der Waals surface area (Å²) in [6.07, 6.45) is 0.448. The van der Waals surface area contributed by atoms with E-state index in [1.807, 2.05) is 12.1 Å². The van der Waals surface area contributed by atoms with Crippen LogP contribution in [0.3, 0.4) is 0 Å². The van der Waals surface area contributed by atoms with Gasteiger partial charge < -0.3 is 4.74 Å². The van der Waals surface area contributed by atoms with Gasteiger partial charge in [-0.2, -0.15) is 0 Å². The first-order chi connectivity index (χ1) is 8.90. The Bertz CT molecular complexity index is 522. The van der Waals surface area contributed by atoms with E-state index < -0.39 is 10.0 Å². The van der Waals surface area contributed by atoms with Gasteiger partial charge in [0.25, 0.3) is 0 Å². The maximum Gasteiger partial charge on any atom is 0.214 e. The molecule has 0 radical (unpaired) electrons. The Balaban J connectivity index is 2.87. The first-order valence-electron chi connectivity index (χ1n) is 5.73. The zero-order valence-corrected chi connectivity index (χ0v) is 14.1. The molecule has 0 aliphatic carbocycles. The number of hydrogen-bond donors (Lipinski definition) is 0. The quantitative estimate of drug-likeness (QED) is 0.693. The van der Waals surface area contributed by atoms with Crippen LogP contribution in [0.15, 0.2) is 22.7 Å². The van der Waals surface area contributed by atoms with Gasteiger partial charge in [-0.3, -0.25) is 0 Å². The third-order valence-electron chi connectivity index (χ3n) is 2.65. The lowest BCUT2D eigenvalue weighted by molar-refractivity contribution is 0.398. The van der Waals surface area contributed by atoms with Gasteiger partial charge in [0, 0.05) is 29.5 Å². The summed E-state index contributed by atoms with van der Waals surface area (Å²) in [7, 11) is -0.157. The van der Waals surface area contributed by atoms with Crippen molar-refractivity contribution < 1.29 is 13.2 Å². The number of methoxy groups -OCH3 is 1. The molecule has 0 bridgehead atoms. The van der Waals surface area contributed by atoms with Crippen LogP contribution in [0, 0.1) is 0 Å². The van der Waals surface area contributed by atoms with Gasteiger partial charge in [0.1, 0.15) is 5.75 Å². The molecule has 108 valence electrons. The molecule has 0 aromatic heterocycles. The van der Waals surface area contributed by atoms with E-state index in [1.54, 1.807) is 20.2 Å². The summed E-state index contributed by atoms with van der Waals surface area (Å²) < 4.78 is 31.4. The van der Waals surface area contributed by atoms with Crippen LogP contribution >= 0.6 is 27.5 Å². The van der Waals surface area contributed by atoms with E-state index >= 15 is 0 Å². The standard InChI is InChI=1S/C12H17BrClNO3S/c1-15(19(16,17)7-3-6-14)9-10-8-11(13)4-5-12(10)18-2/h4-5,8H,3,6-7,9H2,1-2H3. The molecule has 0 spiro atoms. The fourth-order valence-electron chi connectivity index (χ4n) is 1.60. The Morgan fingerprint density at radius 1 is 1.42 bits per heavy atom. The molecule has 4 nitrogen and oxygen atoms in total. The van der Waals surface area contributed by atoms with Crippen molar-refractivity contribution in [2.75, 3.05) is 25.8 Å². The predicted molar refractivity (Wildman–Crippen MR) is 81.3 cm³/mol. The predicted octanol–water partition coefficient (Wildman–Crippen LogP) is 2.85. The Kier molecular flexibility index (Phi) is 6.59. The molecule has 0 aliphatic heterocycles. The number of alkyl halides is 1. The minimum Gasteiger partial charge on any atom is -0.496 e. The topological polar surface area (TPSA) is 46.6 Å². The highest BCUT2D eigenvalue weighted by Crippen LogP contribution is 2.24. The van der Waals surface area contributed by atoms with Gasteiger partial charge in [-0.1, -0.05) is 15.9 Å². The summed E-state index contributed by atoms with van der Waals surface area (Å²) in [6.45, 7) is 0.271. The van der Waals surface area contributed by atoms with Gasteiger partial charge in [-0.05, 0) is 24.6 Å². The van der Waals surface area contributed by atoms with E-state index in [-0.39, 0.29) is 12.3 Å². The first kappa shape index (κ1) is 16.8. The molecular formula is C12H17BrClNO3S. The Hall–Kier alpha value is -0.300. The summed E-state index contributed by atoms with van der Waals surface area (Å²) >= 11 is 8.90. The molecule has 0 N–H and O–H groups in total. The van der Waals surface area contributed by atoms with Gasteiger partial charge in [-0.15, -0.1) is 11.6 Å². The molecule has 1 aromatic carbocycles. The molecule has 1 aromatic rings. The third-order valence-corrected chi connectivity index (χ3v) is 5.29. The largest absolute Gasteiger partial charge is 0.496 e. The molecule has 1 rings (SSSR count). The van der Waals surface area contributed by atoms with Crippen LogP contribution in [-0.4, -0.2) is 38.5 Å². The van der Waals surface area contributed by atoms with Crippen molar-refractivity contribution in [1.82, 2.24) is 4.31 Å². The number of ether oxygens (including phenoxy) is 1. The molecule has 0 saturated carbocycles. The molecule has 0 unspecified atom stereocenters. The minimum absolute atomic E-state index is 0.0588. The van der Waals surface area contributed by atoms with Gasteiger partial charge >= 0.3 is 0 Å². The van der Waals surface area contributed by atoms with Gasteiger partial charge in [0.05, 0.1) is 12.9 Å². The minimum atomic E-state index is -3.28. The molecule has 7 heteroatoms. The van der Waals surface area contributed by atoms with Crippen LogP contribution in [0.4, 0.5) is 0 Å². The molecule has 0 amide bonds. The van der Waals surface area contributed by atoms with Crippen molar-refractivity contribution in [3.05, 3.63) is 28.2 Å². The smallest absolute Gasteiger partial charge is 0.214 e. The van der Waals surface area contributed by atoms with Gasteiger partial charge in [0.2, 0.25) is 10.0 Å². The second-order valence-corrected chi connectivity index (χ2v) is 7.56. The van der Waals surface area contributed by atoms with E-state index in [0.717, 1.165) is 10.0 Å². The number of sulfonamides is 1. The molecule has 0 aliphatic rings. The average Bonchev–Trinajstić information content (AvgIpc) is 2.36. The SMILES string of the molecule is COc1ccc(Br)cc1CN(C)S(=O)(=O)CCCCl. The fourth-order valence-corrected chi connectivity index (χ4v) is 3.46. The van der Waals surface area contributed by atoms with Crippen LogP contribution < -0.4 is 4.74 Å². The Morgan fingerprint density at radius 3 is 2.68 bits per heavy atom. The van der Waals surface area contributed by atoms with Crippen molar-refractivity contribution in [1.29, 1.82) is 0 Å². The lowest BCUT2D eigenvalue weighted by Crippen LogP contribution is -2.29. The highest BCUT2D eigenvalue weighted by atomic mass is 79.9. The Labute approximate surface area is 127 Å². The number of rotatable bonds is 7. The summed E-state index contributed by atoms with van der Waals surface area (Å²) in [5, 5.41) is 0. The normalized spacial score (nSPS) is 11.8. The molecule has 0 fully saturated rings. The van der Waals surface area contributed by atoms with Crippen LogP contribution in [0.2, 0.25) is 0 Å². The fraction of sp³-hybridized carbons (Fsp3) is 0.500. The van der Waals surface area contributed by atoms with Crippen molar-refractivity contribution >= 4 is 37.6 Å². The van der Waals surface area contributed by atoms with E-state index in [9.17, 15) is 8.42 Å². The molecule has 0 saturated heterocycles. The van der Waals surface area contributed by atoms with E-state index in [2.05, 4.69) is 15.9 Å². The lowest BCUT2D eigenvalue weighted by atomic mass is 10.2. The molecule has 0 heterocycles. The summed E-state index contributed by atoms with van der Waals surface area (Å²) in [5.41, 5.74) is 0.814. The van der Waals surface area contributed by atoms with Crippen molar-refractivity contribution in [3.8, 4) is 5.75 Å². The first-order valence-corrected chi connectivity index (χ1v) is 8.66. The van der Waals surface area contributed by atoms with Gasteiger partial charge in [0.15, 0.2) is 0 Å². The highest BCUT2D eigenvalue weighted by Gasteiger charge is 2.19. The molecule has 0 atom stereocenters. The van der Waals surface area contributed by atoms with Crippen molar-refractivity contribution in [2.24, 2.45) is 0 Å². The zero-order valence-electron chi connectivity index (χ0n) is 10.9. The lowest BCUT2D eigenvalue weighted by Gasteiger charge is -2.18. The summed E-state index contributed by atoms with van der Waals surface area (Å²) in [5.74, 6) is 1.07. The molecular weight excluding hydrogens is 354 g/mol. The van der Waals surface area contributed by atoms with Crippen LogP contribution in [0.1, 0.15) is 12.0 Å².